The van der Waals surface area contributed by atoms with Gasteiger partial charge < -0.3 is 0 Å². The zero-order valence-electron chi connectivity index (χ0n) is 8.43. The van der Waals surface area contributed by atoms with Gasteiger partial charge in [0.15, 0.2) is 5.78 Å². The predicted octanol–water partition coefficient (Wildman–Crippen LogP) is 3.80. The van der Waals surface area contributed by atoms with Crippen LogP contribution in [0.15, 0.2) is 16.6 Å². The molecule has 1 nitrogen and oxygen atoms in total. The number of ketones is 1. The van der Waals surface area contributed by atoms with Gasteiger partial charge in [-0.25, -0.2) is 4.39 Å². The first kappa shape index (κ1) is 11.1. The molecule has 80 valence electrons. The van der Waals surface area contributed by atoms with Gasteiger partial charge in [-0.3, -0.25) is 4.79 Å². The van der Waals surface area contributed by atoms with Gasteiger partial charge in [0.1, 0.15) is 5.82 Å². The second-order valence-electron chi connectivity index (χ2n) is 4.01. The first-order chi connectivity index (χ1) is 6.93. The molecule has 0 amide bonds. The fourth-order valence-electron chi connectivity index (χ4n) is 1.60. The smallest absolute Gasteiger partial charge is 0.179 e. The SMILES string of the molecule is CC1(C)SCc2c(F)ccc(Br)c2C1=O. The number of halogens is 2. The fourth-order valence-corrected chi connectivity index (χ4v) is 3.17. The molecular formula is C11H10BrFOS. The van der Waals surface area contributed by atoms with Crippen molar-refractivity contribution in [2.24, 2.45) is 0 Å². The van der Waals surface area contributed by atoms with Crippen molar-refractivity contribution in [3.05, 3.63) is 33.5 Å². The Kier molecular flexibility index (Phi) is 2.67. The van der Waals surface area contributed by atoms with Gasteiger partial charge in [-0.15, -0.1) is 11.8 Å². The topological polar surface area (TPSA) is 17.1 Å². The Hall–Kier alpha value is -0.350. The molecule has 0 aromatic heterocycles. The van der Waals surface area contributed by atoms with E-state index in [1.165, 1.54) is 17.8 Å². The van der Waals surface area contributed by atoms with E-state index < -0.39 is 4.75 Å². The number of hydrogen-bond donors (Lipinski definition) is 0. The van der Waals surface area contributed by atoms with Crippen LogP contribution in [0, 0.1) is 5.82 Å². The Morgan fingerprint density at radius 3 is 2.80 bits per heavy atom. The van der Waals surface area contributed by atoms with Crippen molar-refractivity contribution in [2.75, 3.05) is 0 Å². The number of carbonyl (C=O) groups is 1. The van der Waals surface area contributed by atoms with Crippen LogP contribution >= 0.6 is 27.7 Å². The minimum absolute atomic E-state index is 0.000116. The molecule has 15 heavy (non-hydrogen) atoms. The number of hydrogen-bond acceptors (Lipinski definition) is 2. The van der Waals surface area contributed by atoms with E-state index in [-0.39, 0.29) is 11.6 Å². The molecule has 0 saturated carbocycles. The fraction of sp³-hybridized carbons (Fsp3) is 0.364. The van der Waals surface area contributed by atoms with Crippen LogP contribution in [0.1, 0.15) is 29.8 Å². The molecule has 1 heterocycles. The molecule has 2 rings (SSSR count). The molecule has 0 radical (unpaired) electrons. The quantitative estimate of drug-likeness (QED) is 0.722. The molecular weight excluding hydrogens is 279 g/mol. The second kappa shape index (κ2) is 3.59. The van der Waals surface area contributed by atoms with Crippen LogP contribution in [-0.2, 0) is 5.75 Å². The monoisotopic (exact) mass is 288 g/mol. The van der Waals surface area contributed by atoms with Gasteiger partial charge in [-0.05, 0) is 26.0 Å². The molecule has 1 aliphatic heterocycles. The van der Waals surface area contributed by atoms with E-state index in [4.69, 9.17) is 0 Å². The number of benzene rings is 1. The highest BCUT2D eigenvalue weighted by molar-refractivity contribution is 9.10. The number of Topliss-reactive ketones (excluding diaryl/α,β-unsaturated/α-hetero) is 1. The van der Waals surface area contributed by atoms with Crippen molar-refractivity contribution in [1.29, 1.82) is 0 Å². The number of fused-ring (bicyclic) bond motifs is 1. The normalized spacial score (nSPS) is 18.8. The van der Waals surface area contributed by atoms with E-state index in [9.17, 15) is 9.18 Å². The summed E-state index contributed by atoms with van der Waals surface area (Å²) in [6.07, 6.45) is 0. The minimum atomic E-state index is -0.455. The predicted molar refractivity (Wildman–Crippen MR) is 63.8 cm³/mol. The van der Waals surface area contributed by atoms with Crippen LogP contribution in [0.2, 0.25) is 0 Å². The third-order valence-electron chi connectivity index (χ3n) is 2.56. The summed E-state index contributed by atoms with van der Waals surface area (Å²) in [7, 11) is 0. The average Bonchev–Trinajstić information content (AvgIpc) is 2.16. The van der Waals surface area contributed by atoms with Crippen LogP contribution in [0.4, 0.5) is 4.39 Å². The molecule has 0 unspecified atom stereocenters. The lowest BCUT2D eigenvalue weighted by molar-refractivity contribution is 0.0954. The second-order valence-corrected chi connectivity index (χ2v) is 6.46. The van der Waals surface area contributed by atoms with Gasteiger partial charge in [0, 0.05) is 21.4 Å². The van der Waals surface area contributed by atoms with Gasteiger partial charge in [0.25, 0.3) is 0 Å². The molecule has 0 N–H and O–H groups in total. The first-order valence-corrected chi connectivity index (χ1v) is 6.37. The third-order valence-corrected chi connectivity index (χ3v) is 4.56. The lowest BCUT2D eigenvalue weighted by Crippen LogP contribution is -2.33. The van der Waals surface area contributed by atoms with E-state index >= 15 is 0 Å². The Labute approximate surface area is 101 Å². The Bertz CT molecular complexity index is 442. The highest BCUT2D eigenvalue weighted by Crippen LogP contribution is 2.41. The summed E-state index contributed by atoms with van der Waals surface area (Å²) < 4.78 is 13.7. The molecule has 0 bridgehead atoms. The number of carbonyl (C=O) groups excluding carboxylic acids is 1. The summed E-state index contributed by atoms with van der Waals surface area (Å²) in [5, 5.41) is 0. The van der Waals surface area contributed by atoms with Crippen molar-refractivity contribution in [3.8, 4) is 0 Å². The Balaban J connectivity index is 2.66. The van der Waals surface area contributed by atoms with Crippen molar-refractivity contribution in [2.45, 2.75) is 24.3 Å². The van der Waals surface area contributed by atoms with Crippen molar-refractivity contribution in [3.63, 3.8) is 0 Å². The van der Waals surface area contributed by atoms with E-state index in [1.54, 1.807) is 6.07 Å². The molecule has 0 saturated heterocycles. The summed E-state index contributed by atoms with van der Waals surface area (Å²) in [4.78, 5) is 12.1. The van der Waals surface area contributed by atoms with Crippen LogP contribution < -0.4 is 0 Å². The zero-order valence-corrected chi connectivity index (χ0v) is 10.8. The van der Waals surface area contributed by atoms with Gasteiger partial charge in [0.05, 0.1) is 4.75 Å². The van der Waals surface area contributed by atoms with E-state index in [2.05, 4.69) is 15.9 Å². The molecule has 1 aromatic rings. The Morgan fingerprint density at radius 1 is 1.47 bits per heavy atom. The highest BCUT2D eigenvalue weighted by atomic mass is 79.9. The molecule has 4 heteroatoms. The maximum absolute atomic E-state index is 13.5. The van der Waals surface area contributed by atoms with E-state index in [0.717, 1.165) is 0 Å². The van der Waals surface area contributed by atoms with E-state index in [0.29, 0.717) is 21.4 Å². The van der Waals surface area contributed by atoms with Crippen LogP contribution in [0.5, 0.6) is 0 Å². The average molecular weight is 289 g/mol. The largest absolute Gasteiger partial charge is 0.293 e. The molecule has 0 fully saturated rings. The zero-order chi connectivity index (χ0) is 11.2. The maximum atomic E-state index is 13.5. The molecule has 1 aliphatic rings. The lowest BCUT2D eigenvalue weighted by atomic mass is 9.95. The van der Waals surface area contributed by atoms with E-state index in [1.807, 2.05) is 13.8 Å². The summed E-state index contributed by atoms with van der Waals surface area (Å²) >= 11 is 4.80. The van der Waals surface area contributed by atoms with Crippen LogP contribution in [-0.4, -0.2) is 10.5 Å². The van der Waals surface area contributed by atoms with Crippen molar-refractivity contribution < 1.29 is 9.18 Å². The summed E-state index contributed by atoms with van der Waals surface area (Å²) in [5.41, 5.74) is 1.04. The maximum Gasteiger partial charge on any atom is 0.179 e. The highest BCUT2D eigenvalue weighted by Gasteiger charge is 2.37. The van der Waals surface area contributed by atoms with Crippen LogP contribution in [0.3, 0.4) is 0 Å². The summed E-state index contributed by atoms with van der Waals surface area (Å²) in [6, 6.07) is 2.99. The minimum Gasteiger partial charge on any atom is -0.293 e. The van der Waals surface area contributed by atoms with Gasteiger partial charge >= 0.3 is 0 Å². The summed E-state index contributed by atoms with van der Waals surface area (Å²) in [6.45, 7) is 3.75. The van der Waals surface area contributed by atoms with Crippen molar-refractivity contribution in [1.82, 2.24) is 0 Å². The molecule has 0 atom stereocenters. The third kappa shape index (κ3) is 1.74. The lowest BCUT2D eigenvalue weighted by Gasteiger charge is -2.29. The van der Waals surface area contributed by atoms with Crippen LogP contribution in [0.25, 0.3) is 0 Å². The number of thioether (sulfide) groups is 1. The van der Waals surface area contributed by atoms with Gasteiger partial charge in [-0.2, -0.15) is 0 Å². The van der Waals surface area contributed by atoms with Gasteiger partial charge in [-0.1, -0.05) is 15.9 Å². The standard InChI is InChI=1S/C11H10BrFOS/c1-11(2)10(14)9-6(5-15-11)8(13)4-3-7(9)12/h3-4H,5H2,1-2H3. The van der Waals surface area contributed by atoms with Gasteiger partial charge in [0.2, 0.25) is 0 Å². The summed E-state index contributed by atoms with van der Waals surface area (Å²) in [5.74, 6) is 0.268. The van der Waals surface area contributed by atoms with Crippen molar-refractivity contribution >= 4 is 33.5 Å². The number of rotatable bonds is 0. The molecule has 0 spiro atoms. The Morgan fingerprint density at radius 2 is 2.13 bits per heavy atom. The first-order valence-electron chi connectivity index (χ1n) is 4.59. The molecule has 1 aromatic carbocycles. The molecule has 0 aliphatic carbocycles.